The van der Waals surface area contributed by atoms with Crippen LogP contribution in [-0.2, 0) is 14.3 Å². The second kappa shape index (κ2) is 7.79. The molecule has 0 aliphatic carbocycles. The van der Waals surface area contributed by atoms with Crippen molar-refractivity contribution in [3.8, 4) is 0 Å². The first-order chi connectivity index (χ1) is 10.6. The van der Waals surface area contributed by atoms with E-state index < -0.39 is 0 Å². The summed E-state index contributed by atoms with van der Waals surface area (Å²) >= 11 is 0. The van der Waals surface area contributed by atoms with Crippen molar-refractivity contribution in [3.63, 3.8) is 0 Å². The molecule has 0 aromatic heterocycles. The van der Waals surface area contributed by atoms with Crippen LogP contribution in [-0.4, -0.2) is 38.1 Å². The minimum Gasteiger partial charge on any atom is -0.378 e. The molecular formula is C16H23N3O3. The summed E-state index contributed by atoms with van der Waals surface area (Å²) in [6.07, 6.45) is 0.746. The number of hydrogen-bond donors (Lipinski definition) is 2. The average Bonchev–Trinajstić information content (AvgIpc) is 2.53. The van der Waals surface area contributed by atoms with Crippen LogP contribution < -0.4 is 16.0 Å². The van der Waals surface area contributed by atoms with Crippen molar-refractivity contribution in [1.82, 2.24) is 0 Å². The van der Waals surface area contributed by atoms with Gasteiger partial charge in [0.25, 0.3) is 0 Å². The van der Waals surface area contributed by atoms with Gasteiger partial charge in [0.2, 0.25) is 11.8 Å². The van der Waals surface area contributed by atoms with Gasteiger partial charge in [-0.15, -0.1) is 0 Å². The highest BCUT2D eigenvalue weighted by atomic mass is 16.5. The molecule has 1 heterocycles. The third-order valence-corrected chi connectivity index (χ3v) is 3.80. The quantitative estimate of drug-likeness (QED) is 0.831. The van der Waals surface area contributed by atoms with Crippen molar-refractivity contribution < 1.29 is 14.3 Å². The van der Waals surface area contributed by atoms with Gasteiger partial charge in [0.1, 0.15) is 0 Å². The summed E-state index contributed by atoms with van der Waals surface area (Å²) in [4.78, 5) is 25.1. The van der Waals surface area contributed by atoms with Crippen LogP contribution in [0.3, 0.4) is 0 Å². The van der Waals surface area contributed by atoms with Gasteiger partial charge in [-0.1, -0.05) is 13.0 Å². The third kappa shape index (κ3) is 4.73. The molecule has 0 bridgehead atoms. The molecule has 1 atom stereocenters. The van der Waals surface area contributed by atoms with E-state index in [0.717, 1.165) is 37.7 Å². The van der Waals surface area contributed by atoms with Crippen LogP contribution in [0.1, 0.15) is 19.8 Å². The molecule has 6 nitrogen and oxygen atoms in total. The standard InChI is InChI=1S/C16H23N3O3/c1-12(16(17)21)5-6-15(20)18-13-3-2-4-14(11-13)19-7-9-22-10-8-19/h2-4,11-12H,5-10H2,1H3,(H2,17,21)(H,18,20)/t12-/m0/s1. The number of ether oxygens (including phenoxy) is 1. The number of amides is 2. The van der Waals surface area contributed by atoms with E-state index in [4.69, 9.17) is 10.5 Å². The van der Waals surface area contributed by atoms with Crippen molar-refractivity contribution in [2.75, 3.05) is 36.5 Å². The van der Waals surface area contributed by atoms with Crippen LogP contribution in [0.2, 0.25) is 0 Å². The van der Waals surface area contributed by atoms with Gasteiger partial charge in [0.15, 0.2) is 0 Å². The van der Waals surface area contributed by atoms with E-state index in [1.165, 1.54) is 0 Å². The summed E-state index contributed by atoms with van der Waals surface area (Å²) in [5, 5.41) is 2.87. The zero-order valence-electron chi connectivity index (χ0n) is 12.9. The van der Waals surface area contributed by atoms with Gasteiger partial charge in [-0.25, -0.2) is 0 Å². The topological polar surface area (TPSA) is 84.7 Å². The summed E-state index contributed by atoms with van der Waals surface area (Å²) in [5.41, 5.74) is 7.03. The van der Waals surface area contributed by atoms with E-state index >= 15 is 0 Å². The van der Waals surface area contributed by atoms with E-state index in [1.807, 2.05) is 24.3 Å². The lowest BCUT2D eigenvalue weighted by Gasteiger charge is -2.29. The first-order valence-electron chi connectivity index (χ1n) is 7.58. The van der Waals surface area contributed by atoms with Crippen LogP contribution in [0.15, 0.2) is 24.3 Å². The second-order valence-corrected chi connectivity index (χ2v) is 5.54. The molecule has 22 heavy (non-hydrogen) atoms. The summed E-state index contributed by atoms with van der Waals surface area (Å²) < 4.78 is 5.34. The van der Waals surface area contributed by atoms with Gasteiger partial charge in [-0.2, -0.15) is 0 Å². The number of benzene rings is 1. The number of morpholine rings is 1. The van der Waals surface area contributed by atoms with E-state index in [9.17, 15) is 9.59 Å². The Morgan fingerprint density at radius 2 is 2.09 bits per heavy atom. The van der Waals surface area contributed by atoms with Gasteiger partial charge < -0.3 is 20.7 Å². The smallest absolute Gasteiger partial charge is 0.224 e. The Labute approximate surface area is 130 Å². The molecule has 0 unspecified atom stereocenters. The lowest BCUT2D eigenvalue weighted by Crippen LogP contribution is -2.36. The van der Waals surface area contributed by atoms with E-state index in [-0.39, 0.29) is 24.2 Å². The Morgan fingerprint density at radius 1 is 1.36 bits per heavy atom. The molecule has 2 rings (SSSR count). The molecule has 1 aromatic carbocycles. The van der Waals surface area contributed by atoms with E-state index in [0.29, 0.717) is 6.42 Å². The molecule has 0 spiro atoms. The van der Waals surface area contributed by atoms with Crippen LogP contribution in [0.25, 0.3) is 0 Å². The fourth-order valence-corrected chi connectivity index (χ4v) is 2.32. The van der Waals surface area contributed by atoms with Gasteiger partial charge in [0.05, 0.1) is 13.2 Å². The van der Waals surface area contributed by atoms with Crippen molar-refractivity contribution in [1.29, 1.82) is 0 Å². The lowest BCUT2D eigenvalue weighted by atomic mass is 10.1. The van der Waals surface area contributed by atoms with Crippen molar-refractivity contribution in [2.24, 2.45) is 11.7 Å². The highest BCUT2D eigenvalue weighted by Crippen LogP contribution is 2.20. The number of nitrogens with zero attached hydrogens (tertiary/aromatic N) is 1. The number of nitrogens with two attached hydrogens (primary N) is 1. The number of anilines is 2. The normalized spacial score (nSPS) is 16.1. The molecule has 1 aliphatic rings. The van der Waals surface area contributed by atoms with Crippen LogP contribution in [0.5, 0.6) is 0 Å². The predicted octanol–water partition coefficient (Wildman–Crippen LogP) is 1.36. The zero-order valence-corrected chi connectivity index (χ0v) is 12.9. The van der Waals surface area contributed by atoms with Gasteiger partial charge >= 0.3 is 0 Å². The Bertz CT molecular complexity index is 527. The molecule has 1 fully saturated rings. The molecule has 1 aromatic rings. The SMILES string of the molecule is C[C@@H](CCC(=O)Nc1cccc(N2CCOCC2)c1)C(N)=O. The summed E-state index contributed by atoms with van der Waals surface area (Å²) in [6.45, 7) is 4.89. The van der Waals surface area contributed by atoms with Gasteiger partial charge in [0, 0.05) is 36.8 Å². The van der Waals surface area contributed by atoms with Crippen LogP contribution in [0.4, 0.5) is 11.4 Å². The predicted molar refractivity (Wildman–Crippen MR) is 85.7 cm³/mol. The number of hydrogen-bond acceptors (Lipinski definition) is 4. The average molecular weight is 305 g/mol. The number of rotatable bonds is 6. The highest BCUT2D eigenvalue weighted by molar-refractivity contribution is 5.91. The number of nitrogens with one attached hydrogen (secondary N) is 1. The Balaban J connectivity index is 1.89. The minimum atomic E-state index is -0.373. The number of carbonyl (C=O) groups excluding carboxylic acids is 2. The highest BCUT2D eigenvalue weighted by Gasteiger charge is 2.13. The first-order valence-corrected chi connectivity index (χ1v) is 7.58. The number of carbonyl (C=O) groups is 2. The molecule has 3 N–H and O–H groups in total. The molecular weight excluding hydrogens is 282 g/mol. The fraction of sp³-hybridized carbons (Fsp3) is 0.500. The fourth-order valence-electron chi connectivity index (χ4n) is 2.32. The third-order valence-electron chi connectivity index (χ3n) is 3.80. The molecule has 2 amide bonds. The van der Waals surface area contributed by atoms with E-state index in [2.05, 4.69) is 10.2 Å². The molecule has 1 saturated heterocycles. The Hall–Kier alpha value is -2.08. The maximum Gasteiger partial charge on any atom is 0.224 e. The monoisotopic (exact) mass is 305 g/mol. The van der Waals surface area contributed by atoms with E-state index in [1.54, 1.807) is 6.92 Å². The number of primary amides is 1. The van der Waals surface area contributed by atoms with Crippen LogP contribution >= 0.6 is 0 Å². The molecule has 0 radical (unpaired) electrons. The lowest BCUT2D eigenvalue weighted by molar-refractivity contribution is -0.121. The molecule has 1 aliphatic heterocycles. The largest absolute Gasteiger partial charge is 0.378 e. The summed E-state index contributed by atoms with van der Waals surface area (Å²) in [5.74, 6) is -0.764. The molecule has 0 saturated carbocycles. The van der Waals surface area contributed by atoms with Crippen molar-refractivity contribution in [3.05, 3.63) is 24.3 Å². The molecule has 120 valence electrons. The molecule has 6 heteroatoms. The van der Waals surface area contributed by atoms with Crippen LogP contribution in [0, 0.1) is 5.92 Å². The van der Waals surface area contributed by atoms with Gasteiger partial charge in [-0.05, 0) is 24.6 Å². The van der Waals surface area contributed by atoms with Gasteiger partial charge in [-0.3, -0.25) is 9.59 Å². The Morgan fingerprint density at radius 3 is 2.77 bits per heavy atom. The maximum absolute atomic E-state index is 11.9. The minimum absolute atomic E-state index is 0.104. The second-order valence-electron chi connectivity index (χ2n) is 5.54. The summed E-state index contributed by atoms with van der Waals surface area (Å²) in [6, 6.07) is 7.77. The maximum atomic E-state index is 11.9. The van der Waals surface area contributed by atoms with Crippen molar-refractivity contribution in [2.45, 2.75) is 19.8 Å². The zero-order chi connectivity index (χ0) is 15.9. The van der Waals surface area contributed by atoms with Crippen molar-refractivity contribution >= 4 is 23.2 Å². The first kappa shape index (κ1) is 16.3. The summed E-state index contributed by atoms with van der Waals surface area (Å²) in [7, 11) is 0. The Kier molecular flexibility index (Phi) is 5.77.